The summed E-state index contributed by atoms with van der Waals surface area (Å²) in [6, 6.07) is 5.44. The third-order valence-corrected chi connectivity index (χ3v) is 7.42. The number of carbonyl (C=O) groups excluding carboxylic acids is 1. The van der Waals surface area contributed by atoms with E-state index in [2.05, 4.69) is 9.46 Å². The average Bonchev–Trinajstić information content (AvgIpc) is 2.77. The molecule has 1 heterocycles. The summed E-state index contributed by atoms with van der Waals surface area (Å²) in [4.78, 5) is 14.4. The Morgan fingerprint density at radius 1 is 1.14 bits per heavy atom. The van der Waals surface area contributed by atoms with Crippen molar-refractivity contribution in [2.45, 2.75) is 88.8 Å². The number of ether oxygens (including phenoxy) is 2. The smallest absolute Gasteiger partial charge is 0.405 e. The van der Waals surface area contributed by atoms with Gasteiger partial charge in [0.1, 0.15) is 5.75 Å². The molecular formula is C24H35F3N2O5S. The maximum absolute atomic E-state index is 12.8. The summed E-state index contributed by atoms with van der Waals surface area (Å²) in [5, 5.41) is 0. The predicted molar refractivity (Wildman–Crippen MR) is 125 cm³/mol. The Kier molecular flexibility index (Phi) is 9.45. The van der Waals surface area contributed by atoms with Crippen LogP contribution in [-0.2, 0) is 19.6 Å². The van der Waals surface area contributed by atoms with Crippen LogP contribution in [0, 0.1) is 0 Å². The molecule has 1 aliphatic carbocycles. The van der Waals surface area contributed by atoms with Crippen molar-refractivity contribution in [3.63, 3.8) is 0 Å². The Labute approximate surface area is 205 Å². The normalized spacial score (nSPS) is 25.9. The molecule has 2 atom stereocenters. The molecule has 7 nitrogen and oxygen atoms in total. The van der Waals surface area contributed by atoms with E-state index in [-0.39, 0.29) is 30.3 Å². The van der Waals surface area contributed by atoms with Gasteiger partial charge in [0, 0.05) is 19.0 Å². The zero-order chi connectivity index (χ0) is 25.6. The van der Waals surface area contributed by atoms with Crippen molar-refractivity contribution in [2.24, 2.45) is 0 Å². The monoisotopic (exact) mass is 520 g/mol. The number of rotatable bonds is 9. The summed E-state index contributed by atoms with van der Waals surface area (Å²) >= 11 is 0. The standard InChI is InChI=1S/C24H35F3N2O5S/c1-3-7-23(30)29-15-6-9-20(28-35(2,31)32)21(29)16-33-18-13-11-17(12-14-18)19-8-4-5-10-22(19)34-24(25,26)27/h4-5,8,10,17-18,20-21,28H,3,6-7,9,11-16H2,1-2H3/t17?,18?,20-,21-/m0/s1. The molecule has 2 aliphatic rings. The molecule has 1 saturated heterocycles. The van der Waals surface area contributed by atoms with Crippen LogP contribution >= 0.6 is 0 Å². The highest BCUT2D eigenvalue weighted by Crippen LogP contribution is 2.40. The lowest BCUT2D eigenvalue weighted by Gasteiger charge is -2.42. The number of halogens is 3. The van der Waals surface area contributed by atoms with Crippen molar-refractivity contribution in [2.75, 3.05) is 19.4 Å². The van der Waals surface area contributed by atoms with Crippen molar-refractivity contribution in [3.8, 4) is 5.75 Å². The predicted octanol–water partition coefficient (Wildman–Crippen LogP) is 4.34. The summed E-state index contributed by atoms with van der Waals surface area (Å²) in [5.41, 5.74) is 0.546. The lowest BCUT2D eigenvalue weighted by Crippen LogP contribution is -2.59. The van der Waals surface area contributed by atoms with Crippen molar-refractivity contribution in [1.82, 2.24) is 9.62 Å². The van der Waals surface area contributed by atoms with Gasteiger partial charge in [-0.05, 0) is 62.5 Å². The van der Waals surface area contributed by atoms with Crippen LogP contribution in [0.15, 0.2) is 24.3 Å². The molecule has 1 N–H and O–H groups in total. The van der Waals surface area contributed by atoms with E-state index in [0.717, 1.165) is 6.26 Å². The molecule has 0 spiro atoms. The first kappa shape index (κ1) is 27.7. The lowest BCUT2D eigenvalue weighted by atomic mass is 9.82. The van der Waals surface area contributed by atoms with Gasteiger partial charge in [0.25, 0.3) is 0 Å². The lowest BCUT2D eigenvalue weighted by molar-refractivity contribution is -0.275. The minimum Gasteiger partial charge on any atom is -0.405 e. The summed E-state index contributed by atoms with van der Waals surface area (Å²) in [5.74, 6) is -0.234. The molecule has 0 bridgehead atoms. The average molecular weight is 521 g/mol. The topological polar surface area (TPSA) is 84.9 Å². The summed E-state index contributed by atoms with van der Waals surface area (Å²) in [7, 11) is -3.45. The number of hydrogen-bond acceptors (Lipinski definition) is 5. The number of amides is 1. The van der Waals surface area contributed by atoms with Gasteiger partial charge in [0.05, 0.1) is 25.0 Å². The molecule has 3 rings (SSSR count). The summed E-state index contributed by atoms with van der Waals surface area (Å²) < 4.78 is 75.2. The van der Waals surface area contributed by atoms with Gasteiger partial charge in [0.15, 0.2) is 0 Å². The Hall–Kier alpha value is -1.85. The van der Waals surface area contributed by atoms with Crippen LogP contribution in [0.5, 0.6) is 5.75 Å². The fraction of sp³-hybridized carbons (Fsp3) is 0.708. The van der Waals surface area contributed by atoms with E-state index in [4.69, 9.17) is 4.74 Å². The van der Waals surface area contributed by atoms with Crippen LogP contribution in [-0.4, -0.2) is 63.2 Å². The van der Waals surface area contributed by atoms with Crippen molar-refractivity contribution in [1.29, 1.82) is 0 Å². The molecule has 11 heteroatoms. The van der Waals surface area contributed by atoms with E-state index < -0.39 is 28.5 Å². The second-order valence-corrected chi connectivity index (χ2v) is 11.2. The van der Waals surface area contributed by atoms with Gasteiger partial charge in [-0.15, -0.1) is 13.2 Å². The summed E-state index contributed by atoms with van der Waals surface area (Å²) in [6.07, 6.45) is 1.31. The summed E-state index contributed by atoms with van der Waals surface area (Å²) in [6.45, 7) is 2.71. The molecule has 35 heavy (non-hydrogen) atoms. The van der Waals surface area contributed by atoms with Gasteiger partial charge in [-0.1, -0.05) is 25.1 Å². The van der Waals surface area contributed by atoms with Crippen LogP contribution < -0.4 is 9.46 Å². The highest BCUT2D eigenvalue weighted by Gasteiger charge is 2.37. The number of carbonyl (C=O) groups is 1. The third-order valence-electron chi connectivity index (χ3n) is 6.69. The zero-order valence-electron chi connectivity index (χ0n) is 20.2. The molecule has 0 aromatic heterocycles. The number of para-hydroxylation sites is 1. The van der Waals surface area contributed by atoms with Crippen LogP contribution in [0.1, 0.15) is 69.8 Å². The first-order valence-corrected chi connectivity index (χ1v) is 14.1. The van der Waals surface area contributed by atoms with Gasteiger partial charge in [0.2, 0.25) is 15.9 Å². The number of alkyl halides is 3. The Balaban J connectivity index is 1.62. The van der Waals surface area contributed by atoms with E-state index >= 15 is 0 Å². The Bertz CT molecular complexity index is 949. The molecule has 198 valence electrons. The number of hydrogen-bond donors (Lipinski definition) is 1. The van der Waals surface area contributed by atoms with Crippen molar-refractivity contribution >= 4 is 15.9 Å². The highest BCUT2D eigenvalue weighted by molar-refractivity contribution is 7.88. The molecule has 1 saturated carbocycles. The molecule has 2 fully saturated rings. The van der Waals surface area contributed by atoms with Gasteiger partial charge in [-0.2, -0.15) is 0 Å². The fourth-order valence-corrected chi connectivity index (χ4v) is 5.98. The second kappa shape index (κ2) is 11.9. The van der Waals surface area contributed by atoms with Crippen LogP contribution in [0.25, 0.3) is 0 Å². The second-order valence-electron chi connectivity index (χ2n) is 9.44. The van der Waals surface area contributed by atoms with Crippen molar-refractivity contribution < 1.29 is 35.9 Å². The van der Waals surface area contributed by atoms with Crippen LogP contribution in [0.2, 0.25) is 0 Å². The molecule has 1 amide bonds. The molecule has 0 radical (unpaired) electrons. The van der Waals surface area contributed by atoms with Gasteiger partial charge in [-0.3, -0.25) is 4.79 Å². The van der Waals surface area contributed by atoms with E-state index in [1.165, 1.54) is 12.1 Å². The molecule has 1 aromatic carbocycles. The van der Waals surface area contributed by atoms with E-state index in [1.807, 2.05) is 6.92 Å². The van der Waals surface area contributed by atoms with Gasteiger partial charge < -0.3 is 14.4 Å². The maximum Gasteiger partial charge on any atom is 0.573 e. The molecule has 1 aromatic rings. The van der Waals surface area contributed by atoms with E-state index in [9.17, 15) is 26.4 Å². The quantitative estimate of drug-likeness (QED) is 0.524. The van der Waals surface area contributed by atoms with E-state index in [0.29, 0.717) is 63.5 Å². The Morgan fingerprint density at radius 3 is 2.46 bits per heavy atom. The fourth-order valence-electron chi connectivity index (χ4n) is 5.15. The number of nitrogens with one attached hydrogen (secondary N) is 1. The minimum atomic E-state index is -4.74. The van der Waals surface area contributed by atoms with Crippen LogP contribution in [0.4, 0.5) is 13.2 Å². The minimum absolute atomic E-state index is 0.00826. The van der Waals surface area contributed by atoms with Gasteiger partial charge in [-0.25, -0.2) is 13.1 Å². The van der Waals surface area contributed by atoms with Gasteiger partial charge >= 0.3 is 6.36 Å². The van der Waals surface area contributed by atoms with Crippen molar-refractivity contribution in [3.05, 3.63) is 29.8 Å². The number of sulfonamides is 1. The first-order chi connectivity index (χ1) is 16.5. The SMILES string of the molecule is CCCC(=O)N1CCC[C@H](NS(C)(=O)=O)[C@@H]1COC1CCC(c2ccccc2OC(F)(F)F)CC1. The zero-order valence-corrected chi connectivity index (χ0v) is 21.0. The molecular weight excluding hydrogens is 485 g/mol. The molecule has 1 aliphatic heterocycles. The number of nitrogens with zero attached hydrogens (tertiary/aromatic N) is 1. The van der Waals surface area contributed by atoms with Crippen LogP contribution in [0.3, 0.4) is 0 Å². The number of benzene rings is 1. The third kappa shape index (κ3) is 8.35. The number of likely N-dealkylation sites (tertiary alicyclic amines) is 1. The molecule has 0 unspecified atom stereocenters. The Morgan fingerprint density at radius 2 is 1.83 bits per heavy atom. The number of piperidine rings is 1. The van der Waals surface area contributed by atoms with E-state index in [1.54, 1.807) is 17.0 Å². The maximum atomic E-state index is 12.8. The highest BCUT2D eigenvalue weighted by atomic mass is 32.2. The largest absolute Gasteiger partial charge is 0.573 e. The first-order valence-electron chi connectivity index (χ1n) is 12.2.